The van der Waals surface area contributed by atoms with Crippen LogP contribution >= 0.6 is 11.8 Å². The number of hydrogen-bond donors (Lipinski definition) is 2. The van der Waals surface area contributed by atoms with E-state index in [1.807, 2.05) is 68.4 Å². The van der Waals surface area contributed by atoms with E-state index >= 15 is 0 Å². The van der Waals surface area contributed by atoms with Crippen LogP contribution < -0.4 is 5.32 Å². The van der Waals surface area contributed by atoms with Crippen molar-refractivity contribution in [1.29, 1.82) is 0 Å². The van der Waals surface area contributed by atoms with Gasteiger partial charge in [-0.3, -0.25) is 4.79 Å². The highest BCUT2D eigenvalue weighted by Gasteiger charge is 2.12. The molecular weight excluding hydrogens is 358 g/mol. The number of rotatable bonds is 5. The lowest BCUT2D eigenvalue weighted by Crippen LogP contribution is -2.17. The van der Waals surface area contributed by atoms with E-state index < -0.39 is 0 Å². The normalized spacial score (nSPS) is 11.0. The van der Waals surface area contributed by atoms with Gasteiger partial charge in [0.2, 0.25) is 5.91 Å². The minimum absolute atomic E-state index is 0.103. The van der Waals surface area contributed by atoms with Gasteiger partial charge < -0.3 is 10.3 Å². The minimum atomic E-state index is -0.103. The monoisotopic (exact) mass is 377 g/mol. The molecule has 1 amide bonds. The molecule has 4 rings (SSSR count). The van der Waals surface area contributed by atoms with Crippen molar-refractivity contribution in [1.82, 2.24) is 19.7 Å². The molecule has 0 saturated carbocycles. The van der Waals surface area contributed by atoms with Crippen molar-refractivity contribution in [2.24, 2.45) is 0 Å². The predicted octanol–water partition coefficient (Wildman–Crippen LogP) is 4.10. The first-order valence-electron chi connectivity index (χ1n) is 8.59. The summed E-state index contributed by atoms with van der Waals surface area (Å²) in [5.41, 5.74) is 4.80. The average molecular weight is 377 g/mol. The lowest BCUT2D eigenvalue weighted by molar-refractivity contribution is -0.113. The average Bonchev–Trinajstić information content (AvgIpc) is 3.23. The van der Waals surface area contributed by atoms with Crippen molar-refractivity contribution in [2.75, 3.05) is 11.1 Å². The number of nitrogens with one attached hydrogen (secondary N) is 2. The van der Waals surface area contributed by atoms with Crippen LogP contribution in [0.4, 0.5) is 5.82 Å². The van der Waals surface area contributed by atoms with Gasteiger partial charge in [0.15, 0.2) is 5.16 Å². The van der Waals surface area contributed by atoms with Crippen LogP contribution in [0.5, 0.6) is 0 Å². The molecular formula is C20H19N5OS. The van der Waals surface area contributed by atoms with Gasteiger partial charge >= 0.3 is 0 Å². The molecule has 4 aromatic rings. The quantitative estimate of drug-likeness (QED) is 0.514. The smallest absolute Gasteiger partial charge is 0.236 e. The molecule has 2 N–H and O–H groups in total. The summed E-state index contributed by atoms with van der Waals surface area (Å²) in [4.78, 5) is 20.2. The van der Waals surface area contributed by atoms with Crippen LogP contribution in [-0.2, 0) is 4.79 Å². The molecule has 0 unspecified atom stereocenters. The van der Waals surface area contributed by atoms with Crippen molar-refractivity contribution < 1.29 is 4.79 Å². The number of anilines is 1. The third-order valence-corrected chi connectivity index (χ3v) is 4.93. The zero-order valence-corrected chi connectivity index (χ0v) is 15.9. The van der Waals surface area contributed by atoms with Crippen molar-refractivity contribution in [3.8, 4) is 5.69 Å². The maximum absolute atomic E-state index is 12.4. The number of thioether (sulfide) groups is 1. The van der Waals surface area contributed by atoms with Crippen LogP contribution in [0.2, 0.25) is 0 Å². The Morgan fingerprint density at radius 3 is 2.78 bits per heavy atom. The molecule has 0 atom stereocenters. The molecule has 0 fully saturated rings. The maximum atomic E-state index is 12.4. The minimum Gasteiger partial charge on any atom is -0.333 e. The molecule has 2 aromatic carbocycles. The van der Waals surface area contributed by atoms with Crippen LogP contribution in [0, 0.1) is 13.8 Å². The van der Waals surface area contributed by atoms with E-state index in [1.54, 1.807) is 4.68 Å². The second-order valence-electron chi connectivity index (χ2n) is 6.32. The lowest BCUT2D eigenvalue weighted by Gasteiger charge is -2.08. The number of carbonyl (C=O) groups is 1. The molecule has 0 spiro atoms. The summed E-state index contributed by atoms with van der Waals surface area (Å²) in [6.45, 7) is 3.94. The number of aromatic nitrogens is 4. The van der Waals surface area contributed by atoms with Gasteiger partial charge in [0.05, 0.1) is 28.2 Å². The molecule has 0 aliphatic heterocycles. The molecule has 27 heavy (non-hydrogen) atoms. The van der Waals surface area contributed by atoms with Crippen LogP contribution in [0.1, 0.15) is 11.3 Å². The van der Waals surface area contributed by atoms with Gasteiger partial charge in [-0.1, -0.05) is 36.0 Å². The number of aryl methyl sites for hydroxylation is 2. The Hall–Kier alpha value is -3.06. The zero-order valence-electron chi connectivity index (χ0n) is 15.1. The Balaban J connectivity index is 1.45. The number of hydrogen-bond acceptors (Lipinski definition) is 4. The van der Waals surface area contributed by atoms with E-state index in [4.69, 9.17) is 0 Å². The first-order chi connectivity index (χ1) is 13.1. The van der Waals surface area contributed by atoms with Crippen molar-refractivity contribution in [3.05, 3.63) is 65.9 Å². The van der Waals surface area contributed by atoms with Gasteiger partial charge in [-0.15, -0.1) is 0 Å². The summed E-state index contributed by atoms with van der Waals surface area (Å²) in [7, 11) is 0. The fourth-order valence-electron chi connectivity index (χ4n) is 2.84. The van der Waals surface area contributed by atoms with Crippen LogP contribution in [0.3, 0.4) is 0 Å². The van der Waals surface area contributed by atoms with Gasteiger partial charge in [0, 0.05) is 6.07 Å². The lowest BCUT2D eigenvalue weighted by atomic mass is 10.2. The van der Waals surface area contributed by atoms with E-state index in [1.165, 1.54) is 17.3 Å². The SMILES string of the molecule is Cc1ccc2nc(SCC(=O)Nc3cc(C)nn3-c3ccccc3)[nH]c2c1. The van der Waals surface area contributed by atoms with Gasteiger partial charge in [-0.05, 0) is 43.7 Å². The zero-order chi connectivity index (χ0) is 18.8. The number of benzene rings is 2. The van der Waals surface area contributed by atoms with E-state index in [0.717, 1.165) is 27.6 Å². The number of fused-ring (bicyclic) bond motifs is 1. The van der Waals surface area contributed by atoms with Gasteiger partial charge in [0.1, 0.15) is 5.82 Å². The van der Waals surface area contributed by atoms with E-state index in [9.17, 15) is 4.79 Å². The molecule has 136 valence electrons. The summed E-state index contributed by atoms with van der Waals surface area (Å²) in [5.74, 6) is 0.816. The van der Waals surface area contributed by atoms with Gasteiger partial charge in [-0.2, -0.15) is 5.10 Å². The molecule has 0 aliphatic carbocycles. The standard InChI is InChI=1S/C20H19N5OS/c1-13-8-9-16-17(10-13)22-20(21-16)27-12-19(26)23-18-11-14(2)24-25(18)15-6-4-3-5-7-15/h3-11H,12H2,1-2H3,(H,21,22)(H,23,26). The Bertz CT molecular complexity index is 1100. The molecule has 7 heteroatoms. The van der Waals surface area contributed by atoms with Crippen molar-refractivity contribution in [2.45, 2.75) is 19.0 Å². The summed E-state index contributed by atoms with van der Waals surface area (Å²) >= 11 is 1.38. The summed E-state index contributed by atoms with van der Waals surface area (Å²) in [5, 5.41) is 8.14. The molecule has 0 aliphatic rings. The highest BCUT2D eigenvalue weighted by atomic mass is 32.2. The van der Waals surface area contributed by atoms with Gasteiger partial charge in [-0.25, -0.2) is 9.67 Å². The molecule has 0 bridgehead atoms. The number of imidazole rings is 1. The number of nitrogens with zero attached hydrogens (tertiary/aromatic N) is 3. The predicted molar refractivity (Wildman–Crippen MR) is 108 cm³/mol. The fourth-order valence-corrected chi connectivity index (χ4v) is 3.52. The van der Waals surface area contributed by atoms with E-state index in [2.05, 4.69) is 20.4 Å². The first kappa shape index (κ1) is 17.4. The highest BCUT2D eigenvalue weighted by molar-refractivity contribution is 7.99. The number of amides is 1. The third-order valence-electron chi connectivity index (χ3n) is 4.06. The maximum Gasteiger partial charge on any atom is 0.236 e. The second-order valence-corrected chi connectivity index (χ2v) is 7.28. The molecule has 6 nitrogen and oxygen atoms in total. The summed E-state index contributed by atoms with van der Waals surface area (Å²) in [6.07, 6.45) is 0. The summed E-state index contributed by atoms with van der Waals surface area (Å²) < 4.78 is 1.74. The fraction of sp³-hybridized carbons (Fsp3) is 0.150. The van der Waals surface area contributed by atoms with Crippen LogP contribution in [0.25, 0.3) is 16.7 Å². The van der Waals surface area contributed by atoms with Crippen molar-refractivity contribution >= 4 is 34.5 Å². The second kappa shape index (κ2) is 7.28. The highest BCUT2D eigenvalue weighted by Crippen LogP contribution is 2.21. The Kier molecular flexibility index (Phi) is 4.68. The largest absolute Gasteiger partial charge is 0.333 e. The third kappa shape index (κ3) is 3.88. The summed E-state index contributed by atoms with van der Waals surface area (Å²) in [6, 6.07) is 17.6. The number of aromatic amines is 1. The molecule has 0 radical (unpaired) electrons. The van der Waals surface area contributed by atoms with E-state index in [-0.39, 0.29) is 11.7 Å². The van der Waals surface area contributed by atoms with Gasteiger partial charge in [0.25, 0.3) is 0 Å². The van der Waals surface area contributed by atoms with E-state index in [0.29, 0.717) is 5.82 Å². The molecule has 2 heterocycles. The molecule has 2 aromatic heterocycles. The van der Waals surface area contributed by atoms with Crippen molar-refractivity contribution in [3.63, 3.8) is 0 Å². The van der Waals surface area contributed by atoms with Crippen LogP contribution in [0.15, 0.2) is 59.8 Å². The first-order valence-corrected chi connectivity index (χ1v) is 9.58. The number of carbonyl (C=O) groups excluding carboxylic acids is 1. The number of H-pyrrole nitrogens is 1. The Labute approximate surface area is 161 Å². The van der Waals surface area contributed by atoms with Crippen LogP contribution in [-0.4, -0.2) is 31.4 Å². The Morgan fingerprint density at radius 2 is 1.96 bits per heavy atom. The molecule has 0 saturated heterocycles. The topological polar surface area (TPSA) is 75.6 Å². The number of para-hydroxylation sites is 1. The Morgan fingerprint density at radius 1 is 1.15 bits per heavy atom.